The van der Waals surface area contributed by atoms with Crippen molar-refractivity contribution in [3.8, 4) is 0 Å². The Morgan fingerprint density at radius 1 is 0.367 bits per heavy atom. The molecule has 0 radical (unpaired) electrons. The van der Waals surface area contributed by atoms with Crippen LogP contribution in [0.25, 0.3) is 0 Å². The average Bonchev–Trinajstić information content (AvgIpc) is 2.74. The molecule has 0 saturated carbocycles. The highest BCUT2D eigenvalue weighted by Crippen LogP contribution is 2.25. The molecule has 1 aliphatic heterocycles. The summed E-state index contributed by atoms with van der Waals surface area (Å²) < 4.78 is 0. The van der Waals surface area contributed by atoms with Crippen molar-refractivity contribution in [2.24, 2.45) is 0 Å². The van der Waals surface area contributed by atoms with Crippen LogP contribution in [-0.2, 0) is 9.59 Å². The van der Waals surface area contributed by atoms with E-state index in [4.69, 9.17) is 0 Å². The molecule has 6 heteroatoms. The third-order valence-electron chi connectivity index (χ3n) is 5.37. The molecule has 1 saturated heterocycles. The molecule has 0 amide bonds. The second kappa shape index (κ2) is 22.9. The van der Waals surface area contributed by atoms with E-state index >= 15 is 0 Å². The van der Waals surface area contributed by atoms with Crippen molar-refractivity contribution in [3.05, 3.63) is 0 Å². The molecule has 0 aliphatic carbocycles. The lowest BCUT2D eigenvalue weighted by atomic mass is 10.1. The Kier molecular flexibility index (Phi) is 22.0. The second-order valence-corrected chi connectivity index (χ2v) is 13.2. The summed E-state index contributed by atoms with van der Waals surface area (Å²) in [6.45, 7) is 0. The number of thioether (sulfide) groups is 2. The molecule has 0 N–H and O–H groups in total. The van der Waals surface area contributed by atoms with Gasteiger partial charge in [-0.1, -0.05) is 109 Å². The van der Waals surface area contributed by atoms with E-state index in [1.54, 1.807) is 23.5 Å². The van der Waals surface area contributed by atoms with Gasteiger partial charge in [0.05, 0.1) is 0 Å². The van der Waals surface area contributed by atoms with E-state index in [2.05, 4.69) is 0 Å². The highest BCUT2D eigenvalue weighted by Gasteiger charge is 2.04. The zero-order chi connectivity index (χ0) is 21.5. The van der Waals surface area contributed by atoms with Gasteiger partial charge >= 0.3 is 0 Å². The Labute approximate surface area is 202 Å². The van der Waals surface area contributed by atoms with Crippen molar-refractivity contribution in [1.29, 1.82) is 0 Å². The maximum absolute atomic E-state index is 11.9. The van der Waals surface area contributed by atoms with Crippen molar-refractivity contribution >= 4 is 55.3 Å². The Balaban J connectivity index is 2.13. The van der Waals surface area contributed by atoms with Crippen molar-refractivity contribution < 1.29 is 9.59 Å². The third-order valence-corrected chi connectivity index (χ3v) is 9.98. The predicted molar refractivity (Wildman–Crippen MR) is 143 cm³/mol. The van der Waals surface area contributed by atoms with E-state index in [0.717, 1.165) is 37.2 Å². The van der Waals surface area contributed by atoms with Gasteiger partial charge in [0.1, 0.15) is 0 Å². The molecular weight excluding hydrogens is 449 g/mol. The number of carbonyl (C=O) groups is 2. The average molecular weight is 493 g/mol. The summed E-state index contributed by atoms with van der Waals surface area (Å²) in [5.74, 6) is 4.55. The van der Waals surface area contributed by atoms with Gasteiger partial charge in [0.15, 0.2) is 10.2 Å². The molecule has 0 aromatic heterocycles. The molecule has 0 spiro atoms. The van der Waals surface area contributed by atoms with Crippen LogP contribution in [0.1, 0.15) is 116 Å². The van der Waals surface area contributed by atoms with E-state index in [9.17, 15) is 9.59 Å². The first-order chi connectivity index (χ1) is 14.8. The molecule has 30 heavy (non-hydrogen) atoms. The summed E-state index contributed by atoms with van der Waals surface area (Å²) in [4.78, 5) is 23.9. The van der Waals surface area contributed by atoms with Crippen LogP contribution in [0.15, 0.2) is 0 Å². The molecule has 0 unspecified atom stereocenters. The minimum absolute atomic E-state index is 0.401. The summed E-state index contributed by atoms with van der Waals surface area (Å²) in [7, 11) is 4.06. The van der Waals surface area contributed by atoms with Crippen molar-refractivity contribution in [1.82, 2.24) is 0 Å². The highest BCUT2D eigenvalue weighted by atomic mass is 33.1. The predicted octanol–water partition coefficient (Wildman–Crippen LogP) is 8.92. The first-order valence-electron chi connectivity index (χ1n) is 12.3. The maximum atomic E-state index is 11.9. The Morgan fingerprint density at radius 2 is 0.667 bits per heavy atom. The van der Waals surface area contributed by atoms with E-state index in [1.807, 2.05) is 21.6 Å². The molecule has 1 heterocycles. The van der Waals surface area contributed by atoms with E-state index in [1.165, 1.54) is 101 Å². The summed E-state index contributed by atoms with van der Waals surface area (Å²) in [6, 6.07) is 0. The Morgan fingerprint density at radius 3 is 1.07 bits per heavy atom. The SMILES string of the molecule is O=C1CCCCCCCCCCC(=O)SCCCCCCSSCCCCCCS1. The van der Waals surface area contributed by atoms with Crippen LogP contribution in [0, 0.1) is 0 Å². The molecule has 2 nitrogen and oxygen atoms in total. The van der Waals surface area contributed by atoms with E-state index < -0.39 is 0 Å². The zero-order valence-corrected chi connectivity index (χ0v) is 22.3. The second-order valence-electron chi connectivity index (χ2n) is 8.24. The minimum atomic E-state index is 0.401. The number of carbonyl (C=O) groups excluding carboxylic acids is 2. The van der Waals surface area contributed by atoms with Gasteiger partial charge in [-0.15, -0.1) is 0 Å². The lowest BCUT2D eigenvalue weighted by molar-refractivity contribution is -0.111. The normalized spacial score (nSPS) is 23.3. The molecule has 0 bridgehead atoms. The van der Waals surface area contributed by atoms with Crippen molar-refractivity contribution in [2.45, 2.75) is 116 Å². The summed E-state index contributed by atoms with van der Waals surface area (Å²) in [5.41, 5.74) is 0. The lowest BCUT2D eigenvalue weighted by Crippen LogP contribution is -1.95. The van der Waals surface area contributed by atoms with Gasteiger partial charge in [0.25, 0.3) is 0 Å². The number of hydrogen-bond acceptors (Lipinski definition) is 6. The number of hydrogen-bond donors (Lipinski definition) is 0. The van der Waals surface area contributed by atoms with Gasteiger partial charge in [0, 0.05) is 35.9 Å². The molecule has 0 aromatic carbocycles. The van der Waals surface area contributed by atoms with Gasteiger partial charge in [-0.25, -0.2) is 0 Å². The van der Waals surface area contributed by atoms with Gasteiger partial charge in [-0.2, -0.15) is 0 Å². The fourth-order valence-electron chi connectivity index (χ4n) is 3.47. The topological polar surface area (TPSA) is 34.1 Å². The third kappa shape index (κ3) is 20.6. The standard InChI is InChI=1S/C24H44O2S4/c25-23-17-11-5-3-1-2-4-6-12-18-24(26)28-20-14-8-10-16-22-30-29-21-15-9-7-13-19-27-23/h1-22H2. The Bertz CT molecular complexity index is 380. The van der Waals surface area contributed by atoms with Crippen LogP contribution in [0.3, 0.4) is 0 Å². The van der Waals surface area contributed by atoms with Crippen LogP contribution in [0.5, 0.6) is 0 Å². The minimum Gasteiger partial charge on any atom is -0.287 e. The summed E-state index contributed by atoms with van der Waals surface area (Å²) in [5, 5.41) is 0.801. The van der Waals surface area contributed by atoms with Crippen LogP contribution < -0.4 is 0 Å². The van der Waals surface area contributed by atoms with Crippen molar-refractivity contribution in [3.63, 3.8) is 0 Å². The fourth-order valence-corrected chi connectivity index (χ4v) is 7.49. The summed E-state index contributed by atoms with van der Waals surface area (Å²) >= 11 is 3.13. The monoisotopic (exact) mass is 492 g/mol. The molecule has 1 fully saturated rings. The molecule has 176 valence electrons. The first kappa shape index (κ1) is 28.8. The molecule has 1 rings (SSSR count). The van der Waals surface area contributed by atoms with Crippen LogP contribution >= 0.6 is 45.1 Å². The van der Waals surface area contributed by atoms with Gasteiger partial charge in [-0.3, -0.25) is 9.59 Å². The van der Waals surface area contributed by atoms with Crippen LogP contribution in [-0.4, -0.2) is 33.2 Å². The van der Waals surface area contributed by atoms with Crippen LogP contribution in [0.2, 0.25) is 0 Å². The molecule has 1 aliphatic rings. The fraction of sp³-hybridized carbons (Fsp3) is 0.917. The molecular formula is C24H44O2S4. The van der Waals surface area contributed by atoms with E-state index in [0.29, 0.717) is 10.2 Å². The zero-order valence-electron chi connectivity index (χ0n) is 19.0. The Hall–Kier alpha value is 0.740. The van der Waals surface area contributed by atoms with Gasteiger partial charge in [0.2, 0.25) is 0 Å². The quantitative estimate of drug-likeness (QED) is 0.314. The van der Waals surface area contributed by atoms with E-state index in [-0.39, 0.29) is 0 Å². The number of rotatable bonds is 0. The molecule has 0 atom stereocenters. The molecule has 0 aromatic rings. The van der Waals surface area contributed by atoms with Crippen molar-refractivity contribution in [2.75, 3.05) is 23.0 Å². The summed E-state index contributed by atoms with van der Waals surface area (Å²) in [6.07, 6.45) is 21.2. The largest absolute Gasteiger partial charge is 0.287 e. The van der Waals surface area contributed by atoms with Gasteiger partial charge in [-0.05, 0) is 38.5 Å². The highest BCUT2D eigenvalue weighted by molar-refractivity contribution is 8.76. The van der Waals surface area contributed by atoms with Crippen LogP contribution in [0.4, 0.5) is 0 Å². The lowest BCUT2D eigenvalue weighted by Gasteiger charge is -2.05. The maximum Gasteiger partial charge on any atom is 0.188 e. The smallest absolute Gasteiger partial charge is 0.188 e. The first-order valence-corrected chi connectivity index (χ1v) is 16.8. The van der Waals surface area contributed by atoms with Gasteiger partial charge < -0.3 is 0 Å².